The molecule has 1 atom stereocenters. The van der Waals surface area contributed by atoms with Gasteiger partial charge in [-0.3, -0.25) is 4.79 Å². The first-order valence-corrected chi connectivity index (χ1v) is 10.1. The number of aryl methyl sites for hydroxylation is 1. The molecule has 4 heterocycles. The van der Waals surface area contributed by atoms with Crippen molar-refractivity contribution in [2.45, 2.75) is 32.0 Å². The number of rotatable bonds is 3. The van der Waals surface area contributed by atoms with E-state index in [1.165, 1.54) is 0 Å². The molecule has 0 unspecified atom stereocenters. The lowest BCUT2D eigenvalue weighted by Crippen LogP contribution is -2.30. The number of likely N-dealkylation sites (tertiary alicyclic amines) is 1. The largest absolute Gasteiger partial charge is 0.433 e. The maximum Gasteiger partial charge on any atom is 0.433 e. The summed E-state index contributed by atoms with van der Waals surface area (Å²) in [6.07, 6.45) is -2.11. The number of carbonyl (C=O) groups excluding carboxylic acids is 1. The molecule has 0 radical (unpaired) electrons. The van der Waals surface area contributed by atoms with Crippen molar-refractivity contribution in [2.75, 3.05) is 6.54 Å². The third-order valence-electron chi connectivity index (χ3n) is 5.55. The average Bonchev–Trinajstić information content (AvgIpc) is 3.51. The zero-order valence-corrected chi connectivity index (χ0v) is 17.0. The Kier molecular flexibility index (Phi) is 4.72. The number of nitrogens with zero attached hydrogens (tertiary/aromatic N) is 5. The summed E-state index contributed by atoms with van der Waals surface area (Å²) >= 11 is 0. The van der Waals surface area contributed by atoms with Crippen LogP contribution >= 0.6 is 0 Å². The minimum Gasteiger partial charge on any atom is -0.359 e. The van der Waals surface area contributed by atoms with E-state index in [1.54, 1.807) is 48.2 Å². The van der Waals surface area contributed by atoms with Gasteiger partial charge in [0.15, 0.2) is 17.1 Å². The van der Waals surface area contributed by atoms with E-state index in [2.05, 4.69) is 15.2 Å². The van der Waals surface area contributed by atoms with Crippen LogP contribution in [-0.4, -0.2) is 37.1 Å². The van der Waals surface area contributed by atoms with Crippen molar-refractivity contribution in [1.29, 1.82) is 0 Å². The standard InChI is InChI=1S/C22H18F3N5O2/c1-13-10-18(32-28-13)17-8-5-9-29(17)21(31)15-12-26-30-19(22(23,24)25)11-16(27-20(15)30)14-6-3-2-4-7-14/h2-4,6-7,10-12,17H,5,8-9H2,1H3/t17-/m0/s1. The van der Waals surface area contributed by atoms with Crippen molar-refractivity contribution in [3.63, 3.8) is 0 Å². The molecule has 0 N–H and O–H groups in total. The molecule has 32 heavy (non-hydrogen) atoms. The number of hydrogen-bond acceptors (Lipinski definition) is 5. The highest BCUT2D eigenvalue weighted by Gasteiger charge is 2.38. The molecule has 1 aromatic carbocycles. The monoisotopic (exact) mass is 441 g/mol. The second kappa shape index (κ2) is 7.47. The first-order valence-electron chi connectivity index (χ1n) is 10.1. The van der Waals surface area contributed by atoms with Crippen LogP contribution in [0, 0.1) is 6.92 Å². The highest BCUT2D eigenvalue weighted by molar-refractivity contribution is 6.00. The Balaban J connectivity index is 1.62. The molecule has 0 bridgehead atoms. The normalized spacial score (nSPS) is 16.8. The summed E-state index contributed by atoms with van der Waals surface area (Å²) < 4.78 is 47.5. The first kappa shape index (κ1) is 20.2. The van der Waals surface area contributed by atoms with E-state index in [1.807, 2.05) is 0 Å². The summed E-state index contributed by atoms with van der Waals surface area (Å²) in [6, 6.07) is 10.9. The van der Waals surface area contributed by atoms with Gasteiger partial charge < -0.3 is 9.42 Å². The Morgan fingerprint density at radius 1 is 1.19 bits per heavy atom. The van der Waals surface area contributed by atoms with E-state index in [0.29, 0.717) is 34.5 Å². The summed E-state index contributed by atoms with van der Waals surface area (Å²) in [4.78, 5) is 19.4. The Labute approximate surface area is 180 Å². The Bertz CT molecular complexity index is 1300. The van der Waals surface area contributed by atoms with Crippen LogP contribution < -0.4 is 0 Å². The number of amides is 1. The molecule has 4 aromatic rings. The van der Waals surface area contributed by atoms with Gasteiger partial charge in [0.2, 0.25) is 0 Å². The van der Waals surface area contributed by atoms with Crippen LogP contribution in [0.25, 0.3) is 16.9 Å². The van der Waals surface area contributed by atoms with Gasteiger partial charge in [0.05, 0.1) is 23.6 Å². The maximum absolute atomic E-state index is 13.8. The topological polar surface area (TPSA) is 76.5 Å². The molecule has 5 rings (SSSR count). The zero-order chi connectivity index (χ0) is 22.5. The number of hydrogen-bond donors (Lipinski definition) is 0. The highest BCUT2D eigenvalue weighted by atomic mass is 19.4. The van der Waals surface area contributed by atoms with Gasteiger partial charge in [0, 0.05) is 18.2 Å². The van der Waals surface area contributed by atoms with Gasteiger partial charge in [-0.25, -0.2) is 9.50 Å². The van der Waals surface area contributed by atoms with Gasteiger partial charge in [-0.15, -0.1) is 0 Å². The minimum atomic E-state index is -4.68. The fraction of sp³-hybridized carbons (Fsp3) is 0.273. The van der Waals surface area contributed by atoms with Crippen LogP contribution in [0.1, 0.15) is 46.4 Å². The number of alkyl halides is 3. The molecule has 1 aliphatic heterocycles. The third kappa shape index (κ3) is 3.41. The minimum absolute atomic E-state index is 0.0106. The molecule has 0 spiro atoms. The highest BCUT2D eigenvalue weighted by Crippen LogP contribution is 2.36. The quantitative estimate of drug-likeness (QED) is 0.461. The molecule has 1 saturated heterocycles. The number of benzene rings is 1. The zero-order valence-electron chi connectivity index (χ0n) is 17.0. The van der Waals surface area contributed by atoms with Crippen LogP contribution in [0.2, 0.25) is 0 Å². The maximum atomic E-state index is 13.8. The van der Waals surface area contributed by atoms with Gasteiger partial charge >= 0.3 is 6.18 Å². The lowest BCUT2D eigenvalue weighted by Gasteiger charge is -2.22. The molecular formula is C22H18F3N5O2. The van der Waals surface area contributed by atoms with Gasteiger partial charge in [-0.05, 0) is 25.8 Å². The first-order chi connectivity index (χ1) is 15.3. The van der Waals surface area contributed by atoms with E-state index >= 15 is 0 Å². The molecule has 3 aromatic heterocycles. The van der Waals surface area contributed by atoms with E-state index in [9.17, 15) is 18.0 Å². The van der Waals surface area contributed by atoms with E-state index < -0.39 is 17.8 Å². The van der Waals surface area contributed by atoms with Crippen molar-refractivity contribution < 1.29 is 22.5 Å². The smallest absolute Gasteiger partial charge is 0.359 e. The molecule has 1 amide bonds. The van der Waals surface area contributed by atoms with Crippen molar-refractivity contribution >= 4 is 11.6 Å². The second-order valence-corrected chi connectivity index (χ2v) is 7.71. The fourth-order valence-electron chi connectivity index (χ4n) is 4.07. The Morgan fingerprint density at radius 3 is 2.66 bits per heavy atom. The van der Waals surface area contributed by atoms with Crippen molar-refractivity contribution in [1.82, 2.24) is 24.7 Å². The summed E-state index contributed by atoms with van der Waals surface area (Å²) in [5.41, 5.74) is 0.197. The predicted octanol–water partition coefficient (Wildman–Crippen LogP) is 4.69. The summed E-state index contributed by atoms with van der Waals surface area (Å²) in [7, 11) is 0. The SMILES string of the molecule is Cc1cc([C@@H]2CCCN2C(=O)c2cnn3c(C(F)(F)F)cc(-c4ccccc4)nc23)on1. The van der Waals surface area contributed by atoms with Crippen molar-refractivity contribution in [3.8, 4) is 11.3 Å². The lowest BCUT2D eigenvalue weighted by atomic mass is 10.1. The van der Waals surface area contributed by atoms with Crippen LogP contribution in [0.5, 0.6) is 0 Å². The van der Waals surface area contributed by atoms with Crippen molar-refractivity contribution in [3.05, 3.63) is 71.4 Å². The van der Waals surface area contributed by atoms with Crippen LogP contribution in [0.15, 0.2) is 53.2 Å². The summed E-state index contributed by atoms with van der Waals surface area (Å²) in [6.45, 7) is 2.23. The van der Waals surface area contributed by atoms with Gasteiger partial charge in [-0.1, -0.05) is 35.5 Å². The average molecular weight is 441 g/mol. The Morgan fingerprint density at radius 2 is 1.97 bits per heavy atom. The van der Waals surface area contributed by atoms with E-state index in [-0.39, 0.29) is 22.9 Å². The predicted molar refractivity (Wildman–Crippen MR) is 108 cm³/mol. The molecule has 1 fully saturated rings. The van der Waals surface area contributed by atoms with Crippen LogP contribution in [0.3, 0.4) is 0 Å². The summed E-state index contributed by atoms with van der Waals surface area (Å²) in [5, 5.41) is 7.75. The van der Waals surface area contributed by atoms with E-state index in [0.717, 1.165) is 18.7 Å². The third-order valence-corrected chi connectivity index (χ3v) is 5.55. The number of halogens is 3. The fourth-order valence-corrected chi connectivity index (χ4v) is 4.07. The molecule has 10 heteroatoms. The van der Waals surface area contributed by atoms with Crippen molar-refractivity contribution in [2.24, 2.45) is 0 Å². The molecule has 0 aliphatic carbocycles. The van der Waals surface area contributed by atoms with Crippen LogP contribution in [0.4, 0.5) is 13.2 Å². The second-order valence-electron chi connectivity index (χ2n) is 7.71. The molecule has 0 saturated carbocycles. The number of carbonyl (C=O) groups is 1. The molecule has 164 valence electrons. The van der Waals surface area contributed by atoms with Gasteiger partial charge in [0.25, 0.3) is 5.91 Å². The molecular weight excluding hydrogens is 423 g/mol. The number of fused-ring (bicyclic) bond motifs is 1. The lowest BCUT2D eigenvalue weighted by molar-refractivity contribution is -0.142. The number of aromatic nitrogens is 4. The molecule has 7 nitrogen and oxygen atoms in total. The Hall–Kier alpha value is -3.69. The van der Waals surface area contributed by atoms with E-state index in [4.69, 9.17) is 4.52 Å². The van der Waals surface area contributed by atoms with Gasteiger partial charge in [0.1, 0.15) is 5.56 Å². The molecule has 1 aliphatic rings. The van der Waals surface area contributed by atoms with Gasteiger partial charge in [-0.2, -0.15) is 18.3 Å². The summed E-state index contributed by atoms with van der Waals surface area (Å²) in [5.74, 6) is 0.112. The van der Waals surface area contributed by atoms with Crippen LogP contribution in [-0.2, 0) is 6.18 Å².